The Morgan fingerprint density at radius 2 is 2.00 bits per heavy atom. The molecular weight excluding hydrogens is 398 g/mol. The van der Waals surface area contributed by atoms with Crippen LogP contribution in [0.2, 0.25) is 0 Å². The highest BCUT2D eigenvalue weighted by molar-refractivity contribution is 8.00. The number of thioether (sulfide) groups is 1. The maximum atomic E-state index is 12.6. The third-order valence-electron chi connectivity index (χ3n) is 4.71. The third kappa shape index (κ3) is 4.28. The Morgan fingerprint density at radius 1 is 1.31 bits per heavy atom. The van der Waals surface area contributed by atoms with Crippen molar-refractivity contribution in [1.29, 1.82) is 0 Å². The lowest BCUT2D eigenvalue weighted by Gasteiger charge is -2.49. The van der Waals surface area contributed by atoms with E-state index in [1.807, 2.05) is 18.2 Å². The number of nitrogens with one attached hydrogen (secondary N) is 1. The van der Waals surface area contributed by atoms with Crippen molar-refractivity contribution in [3.63, 3.8) is 0 Å². The number of hydrogen-bond acceptors (Lipinski definition) is 7. The summed E-state index contributed by atoms with van der Waals surface area (Å²) in [5, 5.41) is 11.7. The van der Waals surface area contributed by atoms with E-state index >= 15 is 0 Å². The molecule has 0 radical (unpaired) electrons. The largest absolute Gasteiger partial charge is 0.477 e. The van der Waals surface area contributed by atoms with E-state index in [0.29, 0.717) is 12.1 Å². The van der Waals surface area contributed by atoms with Gasteiger partial charge in [-0.15, -0.1) is 11.8 Å². The van der Waals surface area contributed by atoms with Gasteiger partial charge in [-0.2, -0.15) is 0 Å². The van der Waals surface area contributed by atoms with Crippen LogP contribution >= 0.6 is 11.8 Å². The minimum absolute atomic E-state index is 0.0773. The van der Waals surface area contributed by atoms with Crippen LogP contribution in [-0.2, 0) is 36.9 Å². The number of β-lactam (4-membered cyclic amide) rings is 1. The van der Waals surface area contributed by atoms with Crippen LogP contribution in [0.1, 0.15) is 18.1 Å². The number of hydrogen-bond donors (Lipinski definition) is 3. The van der Waals surface area contributed by atoms with E-state index in [9.17, 15) is 24.3 Å². The average Bonchev–Trinajstić information content (AvgIpc) is 2.69. The Labute approximate surface area is 171 Å². The Kier molecular flexibility index (Phi) is 6.23. The quantitative estimate of drug-likeness (QED) is 0.414. The predicted molar refractivity (Wildman–Crippen MR) is 104 cm³/mol. The summed E-state index contributed by atoms with van der Waals surface area (Å²) in [6.07, 6.45) is 0.0773. The van der Waals surface area contributed by atoms with Crippen LogP contribution < -0.4 is 11.1 Å². The highest BCUT2D eigenvalue weighted by Crippen LogP contribution is 2.40. The first-order chi connectivity index (χ1) is 13.8. The van der Waals surface area contributed by atoms with Gasteiger partial charge in [0.2, 0.25) is 5.91 Å². The second-order valence-electron chi connectivity index (χ2n) is 6.64. The van der Waals surface area contributed by atoms with Crippen molar-refractivity contribution >= 4 is 35.5 Å². The second kappa shape index (κ2) is 8.66. The predicted octanol–water partition coefficient (Wildman–Crippen LogP) is -0.0105. The zero-order valence-electron chi connectivity index (χ0n) is 15.7. The maximum Gasteiger partial charge on any atom is 0.352 e. The highest BCUT2D eigenvalue weighted by atomic mass is 32.2. The van der Waals surface area contributed by atoms with Crippen molar-refractivity contribution in [2.24, 2.45) is 5.73 Å². The Hall–Kier alpha value is -2.85. The van der Waals surface area contributed by atoms with Gasteiger partial charge in [0.25, 0.3) is 5.91 Å². The molecule has 3 rings (SSSR count). The van der Waals surface area contributed by atoms with Crippen LogP contribution in [0.15, 0.2) is 35.5 Å². The first-order valence-corrected chi connectivity index (χ1v) is 9.98. The number of carboxylic acids is 1. The molecule has 2 aliphatic heterocycles. The van der Waals surface area contributed by atoms with Gasteiger partial charge in [-0.25, -0.2) is 4.79 Å². The van der Waals surface area contributed by atoms with E-state index in [-0.39, 0.29) is 30.4 Å². The number of nitrogens with zero attached hydrogens (tertiary/aromatic N) is 1. The first-order valence-electron chi connectivity index (χ1n) is 8.93. The molecule has 1 aromatic rings. The lowest BCUT2D eigenvalue weighted by Crippen LogP contribution is -2.70. The summed E-state index contributed by atoms with van der Waals surface area (Å²) >= 11 is 1.32. The molecule has 1 saturated heterocycles. The highest BCUT2D eigenvalue weighted by Gasteiger charge is 2.54. The van der Waals surface area contributed by atoms with Gasteiger partial charge in [0.05, 0.1) is 6.42 Å². The first kappa shape index (κ1) is 20.9. The molecule has 1 fully saturated rings. The summed E-state index contributed by atoms with van der Waals surface area (Å²) in [7, 11) is 0. The summed E-state index contributed by atoms with van der Waals surface area (Å²) in [4.78, 5) is 48.9. The van der Waals surface area contributed by atoms with Gasteiger partial charge in [-0.05, 0) is 11.1 Å². The van der Waals surface area contributed by atoms with Crippen LogP contribution in [0.3, 0.4) is 0 Å². The monoisotopic (exact) mass is 419 g/mol. The number of carboxylic acid groups (broad SMARTS) is 1. The number of carbonyl (C=O) groups excluding carboxylic acids is 3. The molecule has 0 unspecified atom stereocenters. The second-order valence-corrected chi connectivity index (χ2v) is 7.75. The topological polar surface area (TPSA) is 139 Å². The van der Waals surface area contributed by atoms with Crippen LogP contribution in [0, 0.1) is 0 Å². The molecule has 0 saturated carbocycles. The van der Waals surface area contributed by atoms with Crippen molar-refractivity contribution in [2.45, 2.75) is 31.3 Å². The zero-order chi connectivity index (χ0) is 21.1. The fourth-order valence-electron chi connectivity index (χ4n) is 3.31. The molecule has 1 aromatic carbocycles. The van der Waals surface area contributed by atoms with E-state index < -0.39 is 29.3 Å². The van der Waals surface area contributed by atoms with Gasteiger partial charge in [0.15, 0.2) is 0 Å². The zero-order valence-corrected chi connectivity index (χ0v) is 16.5. The summed E-state index contributed by atoms with van der Waals surface area (Å²) < 4.78 is 4.89. The van der Waals surface area contributed by atoms with E-state index in [0.717, 1.165) is 16.0 Å². The molecule has 0 spiro atoms. The molecule has 29 heavy (non-hydrogen) atoms. The maximum absolute atomic E-state index is 12.6. The molecule has 2 heterocycles. The fraction of sp³-hybridized carbons (Fsp3) is 0.368. The van der Waals surface area contributed by atoms with Gasteiger partial charge >= 0.3 is 11.9 Å². The number of ether oxygens (including phenoxy) is 1. The number of aliphatic carboxylic acids is 1. The Morgan fingerprint density at radius 3 is 2.62 bits per heavy atom. The average molecular weight is 419 g/mol. The molecule has 2 atom stereocenters. The third-order valence-corrected chi connectivity index (χ3v) is 6.04. The molecule has 0 bridgehead atoms. The van der Waals surface area contributed by atoms with Crippen molar-refractivity contribution in [3.8, 4) is 0 Å². The normalized spacial score (nSPS) is 20.6. The molecule has 2 aliphatic rings. The van der Waals surface area contributed by atoms with Gasteiger partial charge in [-0.3, -0.25) is 19.3 Å². The number of esters is 1. The number of amides is 2. The molecular formula is C19H21N3O6S. The number of nitrogens with two attached hydrogens (primary N) is 1. The van der Waals surface area contributed by atoms with Gasteiger partial charge in [-0.1, -0.05) is 24.3 Å². The lowest BCUT2D eigenvalue weighted by molar-refractivity contribution is -0.151. The number of benzene rings is 1. The molecule has 154 valence electrons. The van der Waals surface area contributed by atoms with Crippen LogP contribution in [0.25, 0.3) is 0 Å². The van der Waals surface area contributed by atoms with Crippen molar-refractivity contribution < 1.29 is 29.0 Å². The molecule has 4 N–H and O–H groups in total. The number of fused-ring (bicyclic) bond motifs is 1. The number of carbonyl (C=O) groups is 4. The summed E-state index contributed by atoms with van der Waals surface area (Å²) in [5.74, 6) is -2.36. The van der Waals surface area contributed by atoms with Crippen LogP contribution in [-0.4, -0.2) is 57.5 Å². The summed E-state index contributed by atoms with van der Waals surface area (Å²) in [5.41, 5.74) is 7.49. The summed E-state index contributed by atoms with van der Waals surface area (Å²) in [6, 6.07) is 6.48. The molecule has 0 aromatic heterocycles. The van der Waals surface area contributed by atoms with E-state index in [2.05, 4.69) is 5.32 Å². The molecule has 2 amide bonds. The van der Waals surface area contributed by atoms with Crippen LogP contribution in [0.5, 0.6) is 0 Å². The van der Waals surface area contributed by atoms with E-state index in [1.165, 1.54) is 18.7 Å². The molecule has 0 aliphatic carbocycles. The minimum Gasteiger partial charge on any atom is -0.477 e. The molecule has 10 heteroatoms. The molecule has 9 nitrogen and oxygen atoms in total. The lowest BCUT2D eigenvalue weighted by atomic mass is 10.0. The fourth-order valence-corrected chi connectivity index (χ4v) is 4.64. The smallest absolute Gasteiger partial charge is 0.352 e. The van der Waals surface area contributed by atoms with E-state index in [1.54, 1.807) is 6.07 Å². The Balaban J connectivity index is 1.69. The van der Waals surface area contributed by atoms with Gasteiger partial charge in [0, 0.05) is 24.8 Å². The van der Waals surface area contributed by atoms with Crippen molar-refractivity contribution in [3.05, 3.63) is 46.7 Å². The van der Waals surface area contributed by atoms with Gasteiger partial charge < -0.3 is 20.9 Å². The summed E-state index contributed by atoms with van der Waals surface area (Å²) in [6.45, 7) is 1.34. The van der Waals surface area contributed by atoms with Crippen LogP contribution in [0.4, 0.5) is 0 Å². The van der Waals surface area contributed by atoms with E-state index in [4.69, 9.17) is 10.5 Å². The SMILES string of the molecule is CC(=O)OCC1=C(C(=O)O)N2C(=O)[C@H](NC(=O)Cc3ccccc3CN)[C@@H]2SC1. The van der Waals surface area contributed by atoms with Gasteiger partial charge in [0.1, 0.15) is 23.7 Å². The minimum atomic E-state index is -1.27. The van der Waals surface area contributed by atoms with Crippen molar-refractivity contribution in [2.75, 3.05) is 12.4 Å². The standard InChI is InChI=1S/C19H21N3O6S/c1-10(23)28-8-13-9-29-18-15(17(25)22(18)16(13)19(26)27)21-14(24)6-11-4-2-3-5-12(11)7-20/h2-5,15,18H,6-9,20H2,1H3,(H,21,24)(H,26,27)/t15-,18-/m0/s1. The number of rotatable bonds is 7. The Bertz CT molecular complexity index is 900. The van der Waals surface area contributed by atoms with Crippen molar-refractivity contribution in [1.82, 2.24) is 10.2 Å².